The van der Waals surface area contributed by atoms with Crippen molar-refractivity contribution >= 4 is 17.7 Å². The summed E-state index contributed by atoms with van der Waals surface area (Å²) in [6, 6.07) is 6.92. The van der Waals surface area contributed by atoms with Crippen molar-refractivity contribution in [2.24, 2.45) is 5.41 Å². The average Bonchev–Trinajstić information content (AvgIpc) is 2.52. The first-order chi connectivity index (χ1) is 10.1. The summed E-state index contributed by atoms with van der Waals surface area (Å²) < 4.78 is 9.66. The van der Waals surface area contributed by atoms with Crippen LogP contribution in [0.4, 0.5) is 0 Å². The summed E-state index contributed by atoms with van der Waals surface area (Å²) in [7, 11) is 1.15. The molecule has 0 saturated carbocycles. The van der Waals surface area contributed by atoms with Crippen LogP contribution in [-0.4, -0.2) is 31.4 Å². The van der Waals surface area contributed by atoms with E-state index in [1.807, 2.05) is 12.1 Å². The Morgan fingerprint density at radius 2 is 2.05 bits per heavy atom. The Morgan fingerprint density at radius 1 is 1.33 bits per heavy atom. The van der Waals surface area contributed by atoms with Crippen LogP contribution in [-0.2, 0) is 25.5 Å². The largest absolute Gasteiger partial charge is 0.468 e. The van der Waals surface area contributed by atoms with E-state index >= 15 is 0 Å². The number of methoxy groups -OCH3 is 1. The van der Waals surface area contributed by atoms with E-state index in [1.54, 1.807) is 12.1 Å². The lowest BCUT2D eigenvalue weighted by Gasteiger charge is -2.31. The molecule has 0 amide bonds. The lowest BCUT2D eigenvalue weighted by atomic mass is 9.70. The molecule has 5 heteroatoms. The third-order valence-corrected chi connectivity index (χ3v) is 3.63. The number of hydrogen-bond donors (Lipinski definition) is 0. The Bertz CT molecular complexity index is 604. The van der Waals surface area contributed by atoms with Gasteiger partial charge in [0.1, 0.15) is 6.61 Å². The Balaban J connectivity index is 2.48. The first-order valence-corrected chi connectivity index (χ1v) is 6.57. The monoisotopic (exact) mass is 288 g/mol. The Labute approximate surface area is 122 Å². The molecule has 1 aromatic rings. The number of esters is 2. The van der Waals surface area contributed by atoms with Crippen LogP contribution in [0.25, 0.3) is 0 Å². The van der Waals surface area contributed by atoms with Crippen LogP contribution in [0.1, 0.15) is 22.3 Å². The molecule has 0 aliphatic heterocycles. The second-order valence-corrected chi connectivity index (χ2v) is 4.77. The van der Waals surface area contributed by atoms with Crippen LogP contribution in [0.2, 0.25) is 0 Å². The van der Waals surface area contributed by atoms with Gasteiger partial charge in [-0.3, -0.25) is 14.4 Å². The summed E-state index contributed by atoms with van der Waals surface area (Å²) in [6.45, 7) is 3.38. The smallest absolute Gasteiger partial charge is 0.331 e. The highest BCUT2D eigenvalue weighted by Crippen LogP contribution is 2.37. The maximum atomic E-state index is 12.7. The Morgan fingerprint density at radius 3 is 2.71 bits per heavy atom. The number of rotatable bonds is 4. The predicted molar refractivity (Wildman–Crippen MR) is 74.7 cm³/mol. The van der Waals surface area contributed by atoms with Crippen molar-refractivity contribution in [3.8, 4) is 0 Å². The van der Waals surface area contributed by atoms with Crippen molar-refractivity contribution in [2.75, 3.05) is 13.7 Å². The zero-order chi connectivity index (χ0) is 15.5. The van der Waals surface area contributed by atoms with Gasteiger partial charge in [0.15, 0.2) is 5.78 Å². The van der Waals surface area contributed by atoms with E-state index in [0.717, 1.165) is 12.7 Å². The normalized spacial score (nSPS) is 20.3. The van der Waals surface area contributed by atoms with Gasteiger partial charge in [0.25, 0.3) is 0 Å². The zero-order valence-corrected chi connectivity index (χ0v) is 11.8. The highest BCUT2D eigenvalue weighted by Gasteiger charge is 2.57. The molecule has 0 fully saturated rings. The highest BCUT2D eigenvalue weighted by molar-refractivity contribution is 6.26. The molecule has 0 bridgehead atoms. The van der Waals surface area contributed by atoms with Gasteiger partial charge in [-0.25, -0.2) is 0 Å². The molecule has 1 atom stereocenters. The molecule has 110 valence electrons. The SMILES string of the molecule is C=CCOC(=O)[C@@]1(C(=O)OC)CCc2ccccc2C1=O. The minimum Gasteiger partial charge on any atom is -0.468 e. The third kappa shape index (κ3) is 2.35. The zero-order valence-electron chi connectivity index (χ0n) is 11.8. The van der Waals surface area contributed by atoms with E-state index in [0.29, 0.717) is 12.0 Å². The predicted octanol–water partition coefficient (Wildman–Crippen LogP) is 1.70. The molecule has 2 rings (SSSR count). The molecule has 0 heterocycles. The van der Waals surface area contributed by atoms with Crippen molar-refractivity contribution in [3.63, 3.8) is 0 Å². The van der Waals surface area contributed by atoms with Gasteiger partial charge in [-0.15, -0.1) is 0 Å². The second kappa shape index (κ2) is 5.91. The molecular weight excluding hydrogens is 272 g/mol. The Hall–Kier alpha value is -2.43. The fourth-order valence-electron chi connectivity index (χ4n) is 2.53. The molecule has 1 aliphatic rings. The molecule has 0 N–H and O–H groups in total. The minimum atomic E-state index is -1.91. The van der Waals surface area contributed by atoms with Gasteiger partial charge in [0, 0.05) is 5.56 Å². The maximum Gasteiger partial charge on any atom is 0.331 e. The molecule has 0 aromatic heterocycles. The van der Waals surface area contributed by atoms with Gasteiger partial charge >= 0.3 is 11.9 Å². The molecule has 1 aliphatic carbocycles. The van der Waals surface area contributed by atoms with Gasteiger partial charge in [0.2, 0.25) is 5.41 Å². The number of benzene rings is 1. The van der Waals surface area contributed by atoms with Gasteiger partial charge in [-0.2, -0.15) is 0 Å². The van der Waals surface area contributed by atoms with Crippen LogP contribution < -0.4 is 0 Å². The van der Waals surface area contributed by atoms with Crippen molar-refractivity contribution < 1.29 is 23.9 Å². The lowest BCUT2D eigenvalue weighted by Crippen LogP contribution is -2.50. The first kappa shape index (κ1) is 15.0. The number of ether oxygens (including phenoxy) is 2. The van der Waals surface area contributed by atoms with Crippen molar-refractivity contribution in [1.29, 1.82) is 0 Å². The van der Waals surface area contributed by atoms with Crippen molar-refractivity contribution in [1.82, 2.24) is 0 Å². The van der Waals surface area contributed by atoms with Gasteiger partial charge in [-0.05, 0) is 18.4 Å². The van der Waals surface area contributed by atoms with Crippen molar-refractivity contribution in [3.05, 3.63) is 48.0 Å². The molecule has 21 heavy (non-hydrogen) atoms. The van der Waals surface area contributed by atoms with E-state index in [2.05, 4.69) is 6.58 Å². The van der Waals surface area contributed by atoms with Gasteiger partial charge in [0.05, 0.1) is 7.11 Å². The number of Topliss-reactive ketones (excluding diaryl/α,β-unsaturated/α-hetero) is 1. The summed E-state index contributed by atoms with van der Waals surface area (Å²) >= 11 is 0. The van der Waals surface area contributed by atoms with Crippen LogP contribution in [0, 0.1) is 5.41 Å². The van der Waals surface area contributed by atoms with E-state index in [1.165, 1.54) is 6.08 Å². The number of ketones is 1. The van der Waals surface area contributed by atoms with E-state index in [9.17, 15) is 14.4 Å². The number of carbonyl (C=O) groups is 3. The first-order valence-electron chi connectivity index (χ1n) is 6.57. The molecule has 0 saturated heterocycles. The topological polar surface area (TPSA) is 69.7 Å². The molecule has 0 radical (unpaired) electrons. The number of carbonyl (C=O) groups excluding carboxylic acids is 3. The average molecular weight is 288 g/mol. The summed E-state index contributed by atoms with van der Waals surface area (Å²) in [5.41, 5.74) is -0.727. The molecule has 5 nitrogen and oxygen atoms in total. The van der Waals surface area contributed by atoms with Gasteiger partial charge < -0.3 is 9.47 Å². The number of fused-ring (bicyclic) bond motifs is 1. The quantitative estimate of drug-likeness (QED) is 0.479. The van der Waals surface area contributed by atoms with Crippen molar-refractivity contribution in [2.45, 2.75) is 12.8 Å². The van der Waals surface area contributed by atoms with Crippen LogP contribution >= 0.6 is 0 Å². The number of aryl methyl sites for hydroxylation is 1. The van der Waals surface area contributed by atoms with Crippen LogP contribution in [0.5, 0.6) is 0 Å². The highest BCUT2D eigenvalue weighted by atomic mass is 16.6. The molecular formula is C16H16O5. The standard InChI is InChI=1S/C16H16O5/c1-3-10-21-15(19)16(14(18)20-2)9-8-11-6-4-5-7-12(11)13(16)17/h3-7H,1,8-10H2,2H3/t16-/m0/s1. The van der Waals surface area contributed by atoms with Crippen LogP contribution in [0.3, 0.4) is 0 Å². The minimum absolute atomic E-state index is 0.0471. The fraction of sp³-hybridized carbons (Fsp3) is 0.312. The summed E-state index contributed by atoms with van der Waals surface area (Å²) in [4.78, 5) is 37.2. The summed E-state index contributed by atoms with van der Waals surface area (Å²) in [6.07, 6.45) is 1.86. The fourth-order valence-corrected chi connectivity index (χ4v) is 2.53. The van der Waals surface area contributed by atoms with Crippen LogP contribution in [0.15, 0.2) is 36.9 Å². The Kier molecular flexibility index (Phi) is 4.21. The molecule has 0 spiro atoms. The van der Waals surface area contributed by atoms with E-state index in [-0.39, 0.29) is 13.0 Å². The second-order valence-electron chi connectivity index (χ2n) is 4.77. The lowest BCUT2D eigenvalue weighted by molar-refractivity contribution is -0.166. The third-order valence-electron chi connectivity index (χ3n) is 3.63. The summed E-state index contributed by atoms with van der Waals surface area (Å²) in [5.74, 6) is -2.32. The number of hydrogen-bond acceptors (Lipinski definition) is 5. The van der Waals surface area contributed by atoms with E-state index in [4.69, 9.17) is 9.47 Å². The summed E-state index contributed by atoms with van der Waals surface area (Å²) in [5, 5.41) is 0. The van der Waals surface area contributed by atoms with Gasteiger partial charge in [-0.1, -0.05) is 36.9 Å². The maximum absolute atomic E-state index is 12.7. The molecule has 1 aromatic carbocycles. The molecule has 0 unspecified atom stereocenters. The van der Waals surface area contributed by atoms with E-state index < -0.39 is 23.1 Å².